The molecule has 1 saturated carbocycles. The molecule has 1 aliphatic carbocycles. The van der Waals surface area contributed by atoms with Gasteiger partial charge in [-0.3, -0.25) is 0 Å². The van der Waals surface area contributed by atoms with E-state index in [4.69, 9.17) is 0 Å². The number of carbonyl (C=O) groups is 1. The fraction of sp³-hybridized carbons (Fsp3) is 0.333. The minimum atomic E-state index is -0.876. The number of carboxylic acids is 1. The van der Waals surface area contributed by atoms with Crippen LogP contribution in [0.5, 0.6) is 0 Å². The van der Waals surface area contributed by atoms with Crippen molar-refractivity contribution in [3.63, 3.8) is 0 Å². The Kier molecular flexibility index (Phi) is 3.11. The summed E-state index contributed by atoms with van der Waals surface area (Å²) >= 11 is 1.28. The first-order chi connectivity index (χ1) is 9.19. The van der Waals surface area contributed by atoms with E-state index < -0.39 is 5.97 Å². The number of hydrogen-bond donors (Lipinski definition) is 1. The van der Waals surface area contributed by atoms with Gasteiger partial charge in [0.25, 0.3) is 0 Å². The summed E-state index contributed by atoms with van der Waals surface area (Å²) in [5, 5.41) is 10.00. The maximum absolute atomic E-state index is 11.2. The lowest BCUT2D eigenvalue weighted by atomic mass is 10.1. The van der Waals surface area contributed by atoms with Crippen LogP contribution in [-0.4, -0.2) is 16.1 Å². The zero-order chi connectivity index (χ0) is 13.4. The Morgan fingerprint density at radius 2 is 2.26 bits per heavy atom. The molecule has 19 heavy (non-hydrogen) atoms. The number of aryl methyl sites for hydroxylation is 1. The van der Waals surface area contributed by atoms with E-state index in [9.17, 15) is 9.90 Å². The summed E-state index contributed by atoms with van der Waals surface area (Å²) in [7, 11) is 0. The van der Waals surface area contributed by atoms with Gasteiger partial charge in [0.05, 0.1) is 5.69 Å². The molecule has 3 nitrogen and oxygen atoms in total. The van der Waals surface area contributed by atoms with Gasteiger partial charge < -0.3 is 5.11 Å². The van der Waals surface area contributed by atoms with Crippen LogP contribution in [0.15, 0.2) is 24.3 Å². The third kappa shape index (κ3) is 2.40. The molecular weight excluding hydrogens is 258 g/mol. The SMILES string of the molecule is CCc1nc(-c2cccc(C3CC3)c2)sc1C(=O)O. The van der Waals surface area contributed by atoms with Crippen molar-refractivity contribution in [1.29, 1.82) is 0 Å². The molecule has 0 saturated heterocycles. The lowest BCUT2D eigenvalue weighted by molar-refractivity contribution is 0.0701. The Balaban J connectivity index is 2.01. The Hall–Kier alpha value is -1.68. The summed E-state index contributed by atoms with van der Waals surface area (Å²) in [6, 6.07) is 8.35. The van der Waals surface area contributed by atoms with Crippen LogP contribution in [0.3, 0.4) is 0 Å². The second-order valence-electron chi connectivity index (χ2n) is 4.85. The first-order valence-corrected chi connectivity index (χ1v) is 7.34. The number of aromatic nitrogens is 1. The molecule has 1 fully saturated rings. The maximum atomic E-state index is 11.2. The predicted octanol–water partition coefficient (Wildman–Crippen LogP) is 3.95. The van der Waals surface area contributed by atoms with Crippen LogP contribution >= 0.6 is 11.3 Å². The van der Waals surface area contributed by atoms with Crippen molar-refractivity contribution in [3.8, 4) is 10.6 Å². The number of nitrogens with zero attached hydrogens (tertiary/aromatic N) is 1. The Labute approximate surface area is 115 Å². The van der Waals surface area contributed by atoms with Crippen LogP contribution < -0.4 is 0 Å². The monoisotopic (exact) mass is 273 g/mol. The number of thiazole rings is 1. The molecule has 0 bridgehead atoms. The maximum Gasteiger partial charge on any atom is 0.347 e. The van der Waals surface area contributed by atoms with E-state index in [-0.39, 0.29) is 0 Å². The molecule has 0 radical (unpaired) electrons. The van der Waals surface area contributed by atoms with Crippen molar-refractivity contribution in [3.05, 3.63) is 40.4 Å². The quantitative estimate of drug-likeness (QED) is 0.917. The third-order valence-electron chi connectivity index (χ3n) is 3.41. The Morgan fingerprint density at radius 3 is 2.84 bits per heavy atom. The van der Waals surface area contributed by atoms with Crippen molar-refractivity contribution in [2.45, 2.75) is 32.1 Å². The summed E-state index contributed by atoms with van der Waals surface area (Å²) < 4.78 is 0. The van der Waals surface area contributed by atoms with Crippen molar-refractivity contribution in [2.75, 3.05) is 0 Å². The summed E-state index contributed by atoms with van der Waals surface area (Å²) in [6.07, 6.45) is 3.18. The minimum absolute atomic E-state index is 0.370. The average molecular weight is 273 g/mol. The fourth-order valence-corrected chi connectivity index (χ4v) is 3.21. The average Bonchev–Trinajstić information content (AvgIpc) is 3.17. The van der Waals surface area contributed by atoms with Gasteiger partial charge in [-0.05, 0) is 36.8 Å². The van der Waals surface area contributed by atoms with Crippen molar-refractivity contribution in [1.82, 2.24) is 4.98 Å². The molecule has 3 rings (SSSR count). The lowest BCUT2D eigenvalue weighted by Gasteiger charge is -2.00. The smallest absolute Gasteiger partial charge is 0.347 e. The van der Waals surface area contributed by atoms with Gasteiger partial charge in [-0.25, -0.2) is 9.78 Å². The first-order valence-electron chi connectivity index (χ1n) is 6.52. The topological polar surface area (TPSA) is 50.2 Å². The number of aromatic carboxylic acids is 1. The molecule has 1 N–H and O–H groups in total. The molecule has 4 heteroatoms. The second-order valence-corrected chi connectivity index (χ2v) is 5.85. The standard InChI is InChI=1S/C15H15NO2S/c1-2-12-13(15(17)18)19-14(16-12)11-5-3-4-10(8-11)9-6-7-9/h3-5,8-9H,2,6-7H2,1H3,(H,17,18). The number of benzene rings is 1. The zero-order valence-corrected chi connectivity index (χ0v) is 11.5. The third-order valence-corrected chi connectivity index (χ3v) is 4.54. The van der Waals surface area contributed by atoms with Gasteiger partial charge in [-0.1, -0.05) is 25.1 Å². The van der Waals surface area contributed by atoms with Crippen molar-refractivity contribution in [2.24, 2.45) is 0 Å². The van der Waals surface area contributed by atoms with Crippen molar-refractivity contribution >= 4 is 17.3 Å². The van der Waals surface area contributed by atoms with E-state index in [1.807, 2.05) is 19.1 Å². The van der Waals surface area contributed by atoms with Crippen LogP contribution in [0.25, 0.3) is 10.6 Å². The Morgan fingerprint density at radius 1 is 1.47 bits per heavy atom. The molecule has 0 aliphatic heterocycles. The molecule has 2 aromatic rings. The molecule has 0 amide bonds. The number of hydrogen-bond acceptors (Lipinski definition) is 3. The molecule has 0 atom stereocenters. The van der Waals surface area contributed by atoms with E-state index in [2.05, 4.69) is 17.1 Å². The molecule has 1 aromatic carbocycles. The Bertz CT molecular complexity index is 629. The van der Waals surface area contributed by atoms with E-state index >= 15 is 0 Å². The van der Waals surface area contributed by atoms with Crippen LogP contribution in [-0.2, 0) is 6.42 Å². The second kappa shape index (κ2) is 4.78. The van der Waals surface area contributed by atoms with Crippen LogP contribution in [0.4, 0.5) is 0 Å². The highest BCUT2D eigenvalue weighted by Gasteiger charge is 2.24. The largest absolute Gasteiger partial charge is 0.477 e. The van der Waals surface area contributed by atoms with Gasteiger partial charge in [0.15, 0.2) is 0 Å². The zero-order valence-electron chi connectivity index (χ0n) is 10.7. The molecule has 1 aromatic heterocycles. The molecule has 0 unspecified atom stereocenters. The lowest BCUT2D eigenvalue weighted by Crippen LogP contribution is -1.97. The predicted molar refractivity (Wildman–Crippen MR) is 75.9 cm³/mol. The van der Waals surface area contributed by atoms with Gasteiger partial charge in [-0.2, -0.15) is 0 Å². The van der Waals surface area contributed by atoms with Gasteiger partial charge in [-0.15, -0.1) is 11.3 Å². The van der Waals surface area contributed by atoms with E-state index in [0.717, 1.165) is 10.6 Å². The van der Waals surface area contributed by atoms with Gasteiger partial charge in [0.1, 0.15) is 9.88 Å². The summed E-state index contributed by atoms with van der Waals surface area (Å²) in [5.74, 6) is -0.177. The van der Waals surface area contributed by atoms with Crippen LogP contribution in [0.1, 0.15) is 46.6 Å². The first kappa shape index (κ1) is 12.4. The summed E-state index contributed by atoms with van der Waals surface area (Å²) in [4.78, 5) is 16.0. The highest BCUT2D eigenvalue weighted by Crippen LogP contribution is 2.41. The molecule has 0 spiro atoms. The van der Waals surface area contributed by atoms with Crippen LogP contribution in [0, 0.1) is 0 Å². The fourth-order valence-electron chi connectivity index (χ4n) is 2.22. The normalized spacial score (nSPS) is 14.6. The van der Waals surface area contributed by atoms with Gasteiger partial charge in [0.2, 0.25) is 0 Å². The van der Waals surface area contributed by atoms with Crippen molar-refractivity contribution < 1.29 is 9.90 Å². The van der Waals surface area contributed by atoms with Crippen LogP contribution in [0.2, 0.25) is 0 Å². The van der Waals surface area contributed by atoms with Gasteiger partial charge >= 0.3 is 5.97 Å². The molecule has 1 aliphatic rings. The molecule has 1 heterocycles. The summed E-state index contributed by atoms with van der Waals surface area (Å²) in [5.41, 5.74) is 3.07. The summed E-state index contributed by atoms with van der Waals surface area (Å²) in [6.45, 7) is 1.94. The number of carboxylic acid groups (broad SMARTS) is 1. The minimum Gasteiger partial charge on any atom is -0.477 e. The van der Waals surface area contributed by atoms with E-state index in [0.29, 0.717) is 22.9 Å². The molecule has 98 valence electrons. The highest BCUT2D eigenvalue weighted by atomic mass is 32.1. The number of rotatable bonds is 4. The highest BCUT2D eigenvalue weighted by molar-refractivity contribution is 7.17. The molecular formula is C15H15NO2S. The van der Waals surface area contributed by atoms with E-state index in [1.54, 1.807) is 0 Å². The van der Waals surface area contributed by atoms with Gasteiger partial charge in [0, 0.05) is 5.56 Å². The van der Waals surface area contributed by atoms with E-state index in [1.165, 1.54) is 29.7 Å².